The molecule has 0 aliphatic heterocycles. The minimum Gasteiger partial charge on any atom is -0.497 e. The molecule has 1 aliphatic rings. The lowest BCUT2D eigenvalue weighted by molar-refractivity contribution is 0.0614. The Hall–Kier alpha value is -1.95. The molecule has 1 aromatic carbocycles. The van der Waals surface area contributed by atoms with Crippen molar-refractivity contribution in [3.63, 3.8) is 0 Å². The number of aromatic nitrogens is 4. The van der Waals surface area contributed by atoms with Gasteiger partial charge in [-0.05, 0) is 30.2 Å². The Balaban J connectivity index is 1.85. The quantitative estimate of drug-likeness (QED) is 0.924. The third-order valence-electron chi connectivity index (χ3n) is 3.75. The van der Waals surface area contributed by atoms with Gasteiger partial charge in [0.2, 0.25) is 5.82 Å². The second-order valence-corrected chi connectivity index (χ2v) is 5.08. The van der Waals surface area contributed by atoms with Gasteiger partial charge in [0.05, 0.1) is 19.3 Å². The highest BCUT2D eigenvalue weighted by molar-refractivity contribution is 5.56. The molecule has 2 unspecified atom stereocenters. The molecule has 1 saturated carbocycles. The van der Waals surface area contributed by atoms with Crippen LogP contribution in [-0.4, -0.2) is 38.5 Å². The lowest BCUT2D eigenvalue weighted by Crippen LogP contribution is -2.29. The molecule has 6 nitrogen and oxygen atoms in total. The molecular formula is C14H18N4O2. The minimum atomic E-state index is -0.379. The zero-order valence-corrected chi connectivity index (χ0v) is 11.4. The van der Waals surface area contributed by atoms with Crippen LogP contribution in [0, 0.1) is 0 Å². The summed E-state index contributed by atoms with van der Waals surface area (Å²) in [6.07, 6.45) is 3.49. The Morgan fingerprint density at radius 1 is 1.30 bits per heavy atom. The van der Waals surface area contributed by atoms with Gasteiger partial charge in [-0.3, -0.25) is 0 Å². The molecule has 20 heavy (non-hydrogen) atoms. The zero-order chi connectivity index (χ0) is 13.9. The van der Waals surface area contributed by atoms with Gasteiger partial charge in [0, 0.05) is 5.56 Å². The molecule has 0 amide bonds. The molecule has 0 saturated heterocycles. The summed E-state index contributed by atoms with van der Waals surface area (Å²) in [4.78, 5) is 1.55. The molecule has 1 heterocycles. The summed E-state index contributed by atoms with van der Waals surface area (Å²) in [7, 11) is 1.63. The number of tetrazole rings is 1. The smallest absolute Gasteiger partial charge is 0.205 e. The first-order valence-electron chi connectivity index (χ1n) is 6.90. The Labute approximate surface area is 117 Å². The predicted molar refractivity (Wildman–Crippen MR) is 73.3 cm³/mol. The van der Waals surface area contributed by atoms with E-state index in [-0.39, 0.29) is 12.1 Å². The van der Waals surface area contributed by atoms with Crippen molar-refractivity contribution >= 4 is 0 Å². The number of benzene rings is 1. The van der Waals surface area contributed by atoms with Crippen LogP contribution in [0.2, 0.25) is 0 Å². The summed E-state index contributed by atoms with van der Waals surface area (Å²) in [5, 5.41) is 22.6. The summed E-state index contributed by atoms with van der Waals surface area (Å²) in [6, 6.07) is 7.50. The summed E-state index contributed by atoms with van der Waals surface area (Å²) in [6.45, 7) is 0. The fourth-order valence-corrected chi connectivity index (χ4v) is 2.60. The fourth-order valence-electron chi connectivity index (χ4n) is 2.60. The molecule has 0 bridgehead atoms. The van der Waals surface area contributed by atoms with Gasteiger partial charge in [-0.2, -0.15) is 4.80 Å². The standard InChI is InChI=1S/C14H18N4O2/c1-20-11-6-4-5-10(9-11)14-15-17-18(16-14)12-7-2-3-8-13(12)19/h4-6,9,12-13,19H,2-3,7-8H2,1H3. The summed E-state index contributed by atoms with van der Waals surface area (Å²) in [5.41, 5.74) is 0.862. The van der Waals surface area contributed by atoms with Crippen LogP contribution in [-0.2, 0) is 0 Å². The minimum absolute atomic E-state index is 0.0596. The first-order valence-corrected chi connectivity index (χ1v) is 6.90. The number of hydrogen-bond donors (Lipinski definition) is 1. The monoisotopic (exact) mass is 274 g/mol. The lowest BCUT2D eigenvalue weighted by Gasteiger charge is -2.25. The van der Waals surface area contributed by atoms with Crippen LogP contribution in [0.3, 0.4) is 0 Å². The largest absolute Gasteiger partial charge is 0.497 e. The summed E-state index contributed by atoms with van der Waals surface area (Å²) >= 11 is 0. The molecule has 3 rings (SSSR count). The van der Waals surface area contributed by atoms with E-state index in [1.807, 2.05) is 24.3 Å². The highest BCUT2D eigenvalue weighted by Crippen LogP contribution is 2.28. The van der Waals surface area contributed by atoms with E-state index in [0.29, 0.717) is 5.82 Å². The van der Waals surface area contributed by atoms with Crippen LogP contribution in [0.25, 0.3) is 11.4 Å². The average Bonchev–Trinajstić information content (AvgIpc) is 2.97. The van der Waals surface area contributed by atoms with Gasteiger partial charge in [0.1, 0.15) is 5.75 Å². The second kappa shape index (κ2) is 5.58. The molecule has 0 spiro atoms. The summed E-state index contributed by atoms with van der Waals surface area (Å²) < 4.78 is 5.19. The Bertz CT molecular complexity index is 584. The average molecular weight is 274 g/mol. The zero-order valence-electron chi connectivity index (χ0n) is 11.4. The number of nitrogens with zero attached hydrogens (tertiary/aromatic N) is 4. The summed E-state index contributed by atoms with van der Waals surface area (Å²) in [5.74, 6) is 1.32. The molecule has 0 radical (unpaired) electrons. The van der Waals surface area contributed by atoms with Crippen molar-refractivity contribution in [2.24, 2.45) is 0 Å². The molecule has 1 aromatic heterocycles. The van der Waals surface area contributed by atoms with Crippen LogP contribution in [0.4, 0.5) is 0 Å². The van der Waals surface area contributed by atoms with E-state index in [9.17, 15) is 5.11 Å². The van der Waals surface area contributed by atoms with Gasteiger partial charge in [-0.15, -0.1) is 10.2 Å². The Kier molecular flexibility index (Phi) is 3.64. The molecule has 1 aliphatic carbocycles. The highest BCUT2D eigenvalue weighted by Gasteiger charge is 2.26. The van der Waals surface area contributed by atoms with Crippen molar-refractivity contribution in [2.45, 2.75) is 37.8 Å². The van der Waals surface area contributed by atoms with Gasteiger partial charge in [0.25, 0.3) is 0 Å². The van der Waals surface area contributed by atoms with Crippen LogP contribution >= 0.6 is 0 Å². The topological polar surface area (TPSA) is 73.1 Å². The van der Waals surface area contributed by atoms with E-state index < -0.39 is 0 Å². The highest BCUT2D eigenvalue weighted by atomic mass is 16.5. The first kappa shape index (κ1) is 13.1. The van der Waals surface area contributed by atoms with Crippen LogP contribution < -0.4 is 4.74 Å². The van der Waals surface area contributed by atoms with E-state index in [1.54, 1.807) is 11.9 Å². The van der Waals surface area contributed by atoms with Crippen molar-refractivity contribution in [2.75, 3.05) is 7.11 Å². The van der Waals surface area contributed by atoms with Crippen molar-refractivity contribution in [3.05, 3.63) is 24.3 Å². The molecule has 6 heteroatoms. The maximum absolute atomic E-state index is 10.0. The Morgan fingerprint density at radius 2 is 2.15 bits per heavy atom. The molecule has 2 atom stereocenters. The second-order valence-electron chi connectivity index (χ2n) is 5.08. The van der Waals surface area contributed by atoms with Gasteiger partial charge >= 0.3 is 0 Å². The maximum atomic E-state index is 10.0. The van der Waals surface area contributed by atoms with Crippen LogP contribution in [0.15, 0.2) is 24.3 Å². The van der Waals surface area contributed by atoms with Crippen LogP contribution in [0.5, 0.6) is 5.75 Å². The molecule has 1 N–H and O–H groups in total. The number of aliphatic hydroxyl groups excluding tert-OH is 1. The number of methoxy groups -OCH3 is 1. The SMILES string of the molecule is COc1cccc(-c2nnn(C3CCCCC3O)n2)c1. The molecule has 1 fully saturated rings. The van der Waals surface area contributed by atoms with Crippen molar-refractivity contribution in [3.8, 4) is 17.1 Å². The lowest BCUT2D eigenvalue weighted by atomic mass is 9.93. The Morgan fingerprint density at radius 3 is 2.95 bits per heavy atom. The fraction of sp³-hybridized carbons (Fsp3) is 0.500. The predicted octanol–water partition coefficient (Wildman–Crippen LogP) is 1.82. The number of hydrogen-bond acceptors (Lipinski definition) is 5. The molecule has 106 valence electrons. The van der Waals surface area contributed by atoms with E-state index >= 15 is 0 Å². The number of rotatable bonds is 3. The number of ether oxygens (including phenoxy) is 1. The van der Waals surface area contributed by atoms with Gasteiger partial charge in [-0.1, -0.05) is 25.0 Å². The van der Waals surface area contributed by atoms with Gasteiger partial charge in [-0.25, -0.2) is 0 Å². The van der Waals surface area contributed by atoms with Crippen molar-refractivity contribution in [1.82, 2.24) is 20.2 Å². The third kappa shape index (κ3) is 2.51. The normalized spacial score (nSPS) is 22.7. The van der Waals surface area contributed by atoms with Crippen LogP contribution in [0.1, 0.15) is 31.7 Å². The van der Waals surface area contributed by atoms with E-state index in [1.165, 1.54) is 0 Å². The van der Waals surface area contributed by atoms with Crippen molar-refractivity contribution < 1.29 is 9.84 Å². The number of aliphatic hydroxyl groups is 1. The van der Waals surface area contributed by atoms with Gasteiger partial charge in [0.15, 0.2) is 0 Å². The van der Waals surface area contributed by atoms with Gasteiger partial charge < -0.3 is 9.84 Å². The first-order chi connectivity index (χ1) is 9.78. The molecule has 2 aromatic rings. The van der Waals surface area contributed by atoms with E-state index in [2.05, 4.69) is 15.4 Å². The maximum Gasteiger partial charge on any atom is 0.205 e. The van der Waals surface area contributed by atoms with Crippen molar-refractivity contribution in [1.29, 1.82) is 0 Å². The molecular weight excluding hydrogens is 256 g/mol. The third-order valence-corrected chi connectivity index (χ3v) is 3.75. The van der Waals surface area contributed by atoms with E-state index in [0.717, 1.165) is 37.0 Å². The van der Waals surface area contributed by atoms with E-state index in [4.69, 9.17) is 4.74 Å².